The van der Waals surface area contributed by atoms with Crippen molar-refractivity contribution in [2.45, 2.75) is 25.4 Å². The van der Waals surface area contributed by atoms with Crippen molar-refractivity contribution in [1.29, 1.82) is 0 Å². The lowest BCUT2D eigenvalue weighted by Crippen LogP contribution is -2.27. The Hall–Kier alpha value is -1.35. The van der Waals surface area contributed by atoms with Crippen molar-refractivity contribution >= 4 is 6.29 Å². The molecule has 0 aliphatic rings. The van der Waals surface area contributed by atoms with Gasteiger partial charge in [0.1, 0.15) is 12.0 Å². The highest BCUT2D eigenvalue weighted by Crippen LogP contribution is 2.18. The minimum Gasteiger partial charge on any atom is -0.497 e. The van der Waals surface area contributed by atoms with E-state index in [1.54, 1.807) is 14.0 Å². The van der Waals surface area contributed by atoms with E-state index < -0.39 is 5.60 Å². The zero-order valence-corrected chi connectivity index (χ0v) is 9.06. The molecule has 1 aromatic carbocycles. The summed E-state index contributed by atoms with van der Waals surface area (Å²) in [6, 6.07) is 7.45. The summed E-state index contributed by atoms with van der Waals surface area (Å²) in [5.41, 5.74) is 0.0266. The van der Waals surface area contributed by atoms with Gasteiger partial charge in [-0.05, 0) is 24.6 Å². The van der Waals surface area contributed by atoms with Gasteiger partial charge in [0.15, 0.2) is 0 Å². The second kappa shape index (κ2) is 4.94. The Morgan fingerprint density at radius 2 is 2.00 bits per heavy atom. The van der Waals surface area contributed by atoms with Gasteiger partial charge < -0.3 is 14.6 Å². The normalized spacial score (nSPS) is 14.3. The van der Waals surface area contributed by atoms with Crippen molar-refractivity contribution in [2.75, 3.05) is 7.11 Å². The number of benzene rings is 1. The van der Waals surface area contributed by atoms with Crippen LogP contribution >= 0.6 is 0 Å². The van der Waals surface area contributed by atoms with Gasteiger partial charge in [-0.2, -0.15) is 0 Å². The minimum absolute atomic E-state index is 0.152. The summed E-state index contributed by atoms with van der Waals surface area (Å²) in [4.78, 5) is 10.3. The molecule has 0 radical (unpaired) electrons. The van der Waals surface area contributed by atoms with E-state index in [9.17, 15) is 9.90 Å². The fraction of sp³-hybridized carbons (Fsp3) is 0.417. The van der Waals surface area contributed by atoms with Crippen LogP contribution in [0.1, 0.15) is 18.9 Å². The number of ether oxygens (including phenoxy) is 1. The molecule has 0 saturated heterocycles. The van der Waals surface area contributed by atoms with E-state index in [-0.39, 0.29) is 6.42 Å². The Balaban J connectivity index is 2.68. The fourth-order valence-electron chi connectivity index (χ4n) is 1.43. The maximum atomic E-state index is 10.3. The van der Waals surface area contributed by atoms with Gasteiger partial charge in [-0.15, -0.1) is 0 Å². The molecule has 3 nitrogen and oxygen atoms in total. The second-order valence-corrected chi connectivity index (χ2v) is 3.89. The number of aldehydes is 1. The monoisotopic (exact) mass is 208 g/mol. The third-order valence-corrected chi connectivity index (χ3v) is 2.27. The summed E-state index contributed by atoms with van der Waals surface area (Å²) in [5, 5.41) is 9.83. The molecule has 0 spiro atoms. The van der Waals surface area contributed by atoms with Crippen LogP contribution in [0.15, 0.2) is 24.3 Å². The number of methoxy groups -OCH3 is 1. The van der Waals surface area contributed by atoms with Gasteiger partial charge in [0, 0.05) is 12.8 Å². The molecule has 0 aromatic heterocycles. The molecule has 1 atom stereocenters. The van der Waals surface area contributed by atoms with E-state index in [0.29, 0.717) is 6.42 Å². The minimum atomic E-state index is -0.962. The molecule has 0 saturated carbocycles. The van der Waals surface area contributed by atoms with Gasteiger partial charge in [0.05, 0.1) is 12.7 Å². The van der Waals surface area contributed by atoms with Crippen molar-refractivity contribution in [3.63, 3.8) is 0 Å². The average molecular weight is 208 g/mol. The first-order chi connectivity index (χ1) is 7.07. The summed E-state index contributed by atoms with van der Waals surface area (Å²) < 4.78 is 5.03. The van der Waals surface area contributed by atoms with E-state index in [4.69, 9.17) is 4.74 Å². The van der Waals surface area contributed by atoms with Crippen LogP contribution in [-0.4, -0.2) is 24.1 Å². The van der Waals surface area contributed by atoms with E-state index in [2.05, 4.69) is 0 Å². The molecule has 1 aromatic rings. The molecule has 82 valence electrons. The summed E-state index contributed by atoms with van der Waals surface area (Å²) in [7, 11) is 1.61. The number of hydrogen-bond donors (Lipinski definition) is 1. The Kier molecular flexibility index (Phi) is 3.86. The quantitative estimate of drug-likeness (QED) is 0.747. The first-order valence-electron chi connectivity index (χ1n) is 4.86. The van der Waals surface area contributed by atoms with E-state index in [1.807, 2.05) is 24.3 Å². The molecule has 1 rings (SSSR count). The second-order valence-electron chi connectivity index (χ2n) is 3.89. The van der Waals surface area contributed by atoms with Crippen molar-refractivity contribution in [1.82, 2.24) is 0 Å². The van der Waals surface area contributed by atoms with Gasteiger partial charge in [0.25, 0.3) is 0 Å². The maximum Gasteiger partial charge on any atom is 0.122 e. The SMILES string of the molecule is COc1ccc(CC(C)(O)CC=O)cc1. The summed E-state index contributed by atoms with van der Waals surface area (Å²) in [5.74, 6) is 0.786. The Morgan fingerprint density at radius 3 is 2.47 bits per heavy atom. The van der Waals surface area contributed by atoms with Crippen molar-refractivity contribution in [2.24, 2.45) is 0 Å². The summed E-state index contributed by atoms with van der Waals surface area (Å²) >= 11 is 0. The zero-order valence-electron chi connectivity index (χ0n) is 9.06. The smallest absolute Gasteiger partial charge is 0.122 e. The van der Waals surface area contributed by atoms with Crippen LogP contribution in [0.3, 0.4) is 0 Å². The van der Waals surface area contributed by atoms with Crippen molar-refractivity contribution in [3.8, 4) is 5.75 Å². The van der Waals surface area contributed by atoms with Gasteiger partial charge in [-0.3, -0.25) is 0 Å². The first kappa shape index (κ1) is 11.7. The lowest BCUT2D eigenvalue weighted by atomic mass is 9.94. The van der Waals surface area contributed by atoms with Crippen LogP contribution in [0.25, 0.3) is 0 Å². The Morgan fingerprint density at radius 1 is 1.40 bits per heavy atom. The van der Waals surface area contributed by atoms with Crippen molar-refractivity contribution in [3.05, 3.63) is 29.8 Å². The molecular formula is C12H16O3. The van der Waals surface area contributed by atoms with Crippen LogP contribution in [0, 0.1) is 0 Å². The summed E-state index contributed by atoms with van der Waals surface area (Å²) in [6.45, 7) is 1.66. The number of carbonyl (C=O) groups is 1. The predicted molar refractivity (Wildman–Crippen MR) is 58.0 cm³/mol. The highest BCUT2D eigenvalue weighted by molar-refractivity contribution is 5.51. The van der Waals surface area contributed by atoms with Crippen LogP contribution in [0.5, 0.6) is 5.75 Å². The lowest BCUT2D eigenvalue weighted by Gasteiger charge is -2.20. The number of carbonyl (C=O) groups excluding carboxylic acids is 1. The van der Waals surface area contributed by atoms with E-state index in [1.165, 1.54) is 0 Å². The standard InChI is InChI=1S/C12H16O3/c1-12(14,7-8-13)9-10-3-5-11(15-2)6-4-10/h3-6,8,14H,7,9H2,1-2H3. The third-order valence-electron chi connectivity index (χ3n) is 2.27. The van der Waals surface area contributed by atoms with Gasteiger partial charge in [-0.1, -0.05) is 12.1 Å². The van der Waals surface area contributed by atoms with Gasteiger partial charge >= 0.3 is 0 Å². The molecule has 1 N–H and O–H groups in total. The largest absolute Gasteiger partial charge is 0.497 e. The molecule has 0 aliphatic carbocycles. The Labute approximate surface area is 89.7 Å². The van der Waals surface area contributed by atoms with E-state index in [0.717, 1.165) is 17.6 Å². The molecule has 0 amide bonds. The lowest BCUT2D eigenvalue weighted by molar-refractivity contribution is -0.111. The molecule has 0 fully saturated rings. The molecule has 3 heteroatoms. The van der Waals surface area contributed by atoms with Crippen LogP contribution < -0.4 is 4.74 Å². The van der Waals surface area contributed by atoms with Crippen molar-refractivity contribution < 1.29 is 14.6 Å². The fourth-order valence-corrected chi connectivity index (χ4v) is 1.43. The topological polar surface area (TPSA) is 46.5 Å². The van der Waals surface area contributed by atoms with Crippen LogP contribution in [-0.2, 0) is 11.2 Å². The van der Waals surface area contributed by atoms with Crippen LogP contribution in [0.4, 0.5) is 0 Å². The molecule has 0 heterocycles. The average Bonchev–Trinajstić information content (AvgIpc) is 2.18. The Bertz CT molecular complexity index is 314. The van der Waals surface area contributed by atoms with E-state index >= 15 is 0 Å². The maximum absolute atomic E-state index is 10.3. The third kappa shape index (κ3) is 3.72. The molecule has 0 bridgehead atoms. The highest BCUT2D eigenvalue weighted by atomic mass is 16.5. The predicted octanol–water partition coefficient (Wildman–Crippen LogP) is 1.58. The summed E-state index contributed by atoms with van der Waals surface area (Å²) in [6.07, 6.45) is 1.36. The molecule has 1 unspecified atom stereocenters. The molecular weight excluding hydrogens is 192 g/mol. The van der Waals surface area contributed by atoms with Gasteiger partial charge in [-0.25, -0.2) is 0 Å². The molecule has 0 aliphatic heterocycles. The number of hydrogen-bond acceptors (Lipinski definition) is 3. The number of aliphatic hydroxyl groups is 1. The first-order valence-corrected chi connectivity index (χ1v) is 4.86. The molecule has 15 heavy (non-hydrogen) atoms. The van der Waals surface area contributed by atoms with Crippen LogP contribution in [0.2, 0.25) is 0 Å². The zero-order chi connectivity index (χ0) is 11.3. The number of rotatable bonds is 5. The highest BCUT2D eigenvalue weighted by Gasteiger charge is 2.19. The van der Waals surface area contributed by atoms with Gasteiger partial charge in [0.2, 0.25) is 0 Å².